The van der Waals surface area contributed by atoms with Gasteiger partial charge in [-0.25, -0.2) is 4.85 Å². The molecule has 11 aromatic rings. The van der Waals surface area contributed by atoms with Gasteiger partial charge in [0.15, 0.2) is 5.69 Å². The van der Waals surface area contributed by atoms with Gasteiger partial charge in [0.2, 0.25) is 0 Å². The van der Waals surface area contributed by atoms with Crippen LogP contribution in [0.2, 0.25) is 0 Å². The second kappa shape index (κ2) is 14.2. The maximum atomic E-state index is 9.61. The van der Waals surface area contributed by atoms with Gasteiger partial charge in [-0.3, -0.25) is 0 Å². The molecule has 0 saturated heterocycles. The number of nitrogens with zero attached hydrogens (tertiary/aromatic N) is 6. The molecule has 11 rings (SSSR count). The van der Waals surface area contributed by atoms with Crippen molar-refractivity contribution in [1.82, 2.24) is 0 Å². The molecule has 0 fully saturated rings. The molecule has 0 radical (unpaired) electrons. The van der Waals surface area contributed by atoms with Crippen molar-refractivity contribution < 1.29 is 8.83 Å². The Labute approximate surface area is 354 Å². The van der Waals surface area contributed by atoms with Gasteiger partial charge in [0.1, 0.15) is 22.3 Å². The molecule has 8 nitrogen and oxygen atoms in total. The Hall–Kier alpha value is -9.34. The minimum Gasteiger partial charge on any atom is -0.456 e. The molecule has 0 aliphatic rings. The van der Waals surface area contributed by atoms with E-state index in [1.54, 1.807) is 24.3 Å². The third-order valence-electron chi connectivity index (χ3n) is 11.5. The SMILES string of the molecule is [C-]#[N+]c1ccc(N(c2ccc(C#N)cc2)c2cc3oc4c(ccc5oc6cc(N(c7ccc(C#N)cc7)c7ccc(C#N)cc7)c7ccccc7c6c54)c3c3ccccc23)cc1. The quantitative estimate of drug-likeness (QED) is 0.154. The van der Waals surface area contributed by atoms with Gasteiger partial charge in [-0.15, -0.1) is 0 Å². The minimum atomic E-state index is 0.540. The predicted octanol–water partition coefficient (Wildman–Crippen LogP) is 14.9. The molecule has 286 valence electrons. The summed E-state index contributed by atoms with van der Waals surface area (Å²) in [6.45, 7) is 7.55. The zero-order chi connectivity index (χ0) is 41.9. The third kappa shape index (κ3) is 5.58. The minimum absolute atomic E-state index is 0.540. The van der Waals surface area contributed by atoms with Crippen LogP contribution in [-0.4, -0.2) is 0 Å². The fourth-order valence-corrected chi connectivity index (χ4v) is 8.73. The summed E-state index contributed by atoms with van der Waals surface area (Å²) < 4.78 is 13.8. The monoisotopic (exact) mass is 792 g/mol. The van der Waals surface area contributed by atoms with Crippen LogP contribution in [0.25, 0.3) is 70.3 Å². The van der Waals surface area contributed by atoms with Crippen molar-refractivity contribution in [2.75, 3.05) is 9.80 Å². The van der Waals surface area contributed by atoms with Crippen molar-refractivity contribution in [2.45, 2.75) is 0 Å². The van der Waals surface area contributed by atoms with E-state index in [1.165, 1.54) is 0 Å². The summed E-state index contributed by atoms with van der Waals surface area (Å²) in [4.78, 5) is 7.87. The maximum absolute atomic E-state index is 9.61. The molecule has 2 heterocycles. The van der Waals surface area contributed by atoms with Crippen LogP contribution in [0.5, 0.6) is 0 Å². The van der Waals surface area contributed by atoms with Crippen LogP contribution in [0, 0.1) is 40.6 Å². The highest BCUT2D eigenvalue weighted by molar-refractivity contribution is 6.32. The lowest BCUT2D eigenvalue weighted by molar-refractivity contribution is 0.663. The van der Waals surface area contributed by atoms with Gasteiger partial charge in [0.05, 0.1) is 58.2 Å². The van der Waals surface area contributed by atoms with Crippen molar-refractivity contribution >= 4 is 105 Å². The van der Waals surface area contributed by atoms with Crippen LogP contribution < -0.4 is 9.80 Å². The lowest BCUT2D eigenvalue weighted by Gasteiger charge is -2.27. The number of anilines is 6. The molecule has 8 heteroatoms. The highest BCUT2D eigenvalue weighted by Gasteiger charge is 2.25. The molecule has 2 aromatic heterocycles. The fraction of sp³-hybridized carbons (Fsp3) is 0. The molecule has 0 unspecified atom stereocenters. The molecule has 0 amide bonds. The van der Waals surface area contributed by atoms with E-state index in [1.807, 2.05) is 103 Å². The molecular formula is C54H28N6O2. The van der Waals surface area contributed by atoms with E-state index in [-0.39, 0.29) is 0 Å². The Bertz CT molecular complexity index is 3670. The number of furan rings is 2. The topological polar surface area (TPSA) is 108 Å². The van der Waals surface area contributed by atoms with Crippen molar-refractivity contribution in [2.24, 2.45) is 0 Å². The van der Waals surface area contributed by atoms with E-state index < -0.39 is 0 Å². The average Bonchev–Trinajstić information content (AvgIpc) is 3.91. The van der Waals surface area contributed by atoms with E-state index in [0.29, 0.717) is 44.7 Å². The van der Waals surface area contributed by atoms with E-state index in [2.05, 4.69) is 75.3 Å². The lowest BCUT2D eigenvalue weighted by Crippen LogP contribution is -2.10. The summed E-state index contributed by atoms with van der Waals surface area (Å²) in [6, 6.07) is 61.4. The first-order valence-corrected chi connectivity index (χ1v) is 19.8. The van der Waals surface area contributed by atoms with Gasteiger partial charge in [0.25, 0.3) is 0 Å². The standard InChI is InChI=1S/C54H28N6O2/c1-58-36-16-24-40(25-17-36)60(39-22-14-35(32-57)15-23-39)46-28-49-51(43-8-4-2-6-41(43)46)45-26-27-48-53(54(45)62-49)52-44-9-5-3-7-42(44)47(29-50(52)61-48)59(37-18-10-33(30-55)11-19-37)38-20-12-34(31-56)13-21-38/h2-29H. The number of nitriles is 3. The van der Waals surface area contributed by atoms with Crippen LogP contribution >= 0.6 is 0 Å². The molecule has 0 bridgehead atoms. The molecule has 0 aliphatic carbocycles. The Morgan fingerprint density at radius 3 is 1.27 bits per heavy atom. The molecular weight excluding hydrogens is 765 g/mol. The van der Waals surface area contributed by atoms with Gasteiger partial charge in [-0.1, -0.05) is 60.7 Å². The second-order valence-electron chi connectivity index (χ2n) is 14.9. The number of hydrogen-bond acceptors (Lipinski definition) is 7. The average molecular weight is 793 g/mol. The first-order chi connectivity index (χ1) is 30.5. The zero-order valence-electron chi connectivity index (χ0n) is 32.7. The Morgan fingerprint density at radius 1 is 0.403 bits per heavy atom. The normalized spacial score (nSPS) is 11.2. The first-order valence-electron chi connectivity index (χ1n) is 19.8. The molecule has 0 saturated carbocycles. The summed E-state index contributed by atoms with van der Waals surface area (Å²) in [5.74, 6) is 0. The highest BCUT2D eigenvalue weighted by atomic mass is 16.3. The van der Waals surface area contributed by atoms with E-state index in [0.717, 1.165) is 77.2 Å². The molecule has 0 atom stereocenters. The molecule has 9 aromatic carbocycles. The Morgan fingerprint density at radius 2 is 0.823 bits per heavy atom. The van der Waals surface area contributed by atoms with Gasteiger partial charge in [-0.05, 0) is 108 Å². The summed E-state index contributed by atoms with van der Waals surface area (Å²) in [6.07, 6.45) is 0. The van der Waals surface area contributed by atoms with Crippen molar-refractivity contribution in [1.29, 1.82) is 15.8 Å². The van der Waals surface area contributed by atoms with Crippen molar-refractivity contribution in [3.8, 4) is 18.2 Å². The smallest absolute Gasteiger partial charge is 0.187 e. The maximum Gasteiger partial charge on any atom is 0.187 e. The van der Waals surface area contributed by atoms with Gasteiger partial charge < -0.3 is 18.6 Å². The van der Waals surface area contributed by atoms with Gasteiger partial charge >= 0.3 is 0 Å². The molecule has 62 heavy (non-hydrogen) atoms. The number of benzene rings is 9. The van der Waals surface area contributed by atoms with Crippen LogP contribution in [0.4, 0.5) is 39.8 Å². The summed E-state index contributed by atoms with van der Waals surface area (Å²) >= 11 is 0. The summed E-state index contributed by atoms with van der Waals surface area (Å²) in [5, 5.41) is 36.5. The van der Waals surface area contributed by atoms with Crippen LogP contribution in [0.15, 0.2) is 179 Å². The number of hydrogen-bond donors (Lipinski definition) is 0. The molecule has 0 spiro atoms. The Balaban J connectivity index is 1.18. The summed E-state index contributed by atoms with van der Waals surface area (Å²) in [5.41, 5.74) is 10.1. The molecule has 0 N–H and O–H groups in total. The number of fused-ring (bicyclic) bond motifs is 11. The van der Waals surface area contributed by atoms with Gasteiger partial charge in [0, 0.05) is 61.8 Å². The van der Waals surface area contributed by atoms with Crippen LogP contribution in [-0.2, 0) is 0 Å². The predicted molar refractivity (Wildman–Crippen MR) is 246 cm³/mol. The largest absolute Gasteiger partial charge is 0.456 e. The van der Waals surface area contributed by atoms with E-state index >= 15 is 0 Å². The zero-order valence-corrected chi connectivity index (χ0v) is 32.7. The second-order valence-corrected chi connectivity index (χ2v) is 14.9. The van der Waals surface area contributed by atoms with Crippen LogP contribution in [0.3, 0.4) is 0 Å². The summed E-state index contributed by atoms with van der Waals surface area (Å²) in [7, 11) is 0. The van der Waals surface area contributed by atoms with Gasteiger partial charge in [-0.2, -0.15) is 15.8 Å². The van der Waals surface area contributed by atoms with Crippen molar-refractivity contribution in [3.05, 3.63) is 198 Å². The van der Waals surface area contributed by atoms with E-state index in [4.69, 9.17) is 15.4 Å². The fourth-order valence-electron chi connectivity index (χ4n) is 8.73. The van der Waals surface area contributed by atoms with Crippen molar-refractivity contribution in [3.63, 3.8) is 0 Å². The molecule has 0 aliphatic heterocycles. The Kier molecular flexibility index (Phi) is 8.19. The van der Waals surface area contributed by atoms with E-state index in [9.17, 15) is 15.8 Å². The first kappa shape index (κ1) is 35.8. The van der Waals surface area contributed by atoms with Crippen LogP contribution in [0.1, 0.15) is 16.7 Å². The lowest BCUT2D eigenvalue weighted by atomic mass is 9.98. The highest BCUT2D eigenvalue weighted by Crippen LogP contribution is 2.50. The third-order valence-corrected chi connectivity index (χ3v) is 11.5. The number of rotatable bonds is 6.